The molecule has 0 heterocycles. The Balaban J connectivity index is 2.85. The molecule has 1 N–H and O–H groups in total. The Kier molecular flexibility index (Phi) is 2.60. The van der Waals surface area contributed by atoms with Crippen molar-refractivity contribution in [3.8, 4) is 0 Å². The molecule has 0 aliphatic rings. The van der Waals surface area contributed by atoms with Crippen LogP contribution in [-0.4, -0.2) is 11.1 Å². The third kappa shape index (κ3) is 1.68. The minimum atomic E-state index is -0.928. The van der Waals surface area contributed by atoms with Crippen LogP contribution in [0.25, 0.3) is 10.8 Å². The molecule has 2 nitrogen and oxygen atoms in total. The first kappa shape index (κ1) is 9.99. The minimum absolute atomic E-state index is 0.215. The van der Waals surface area contributed by atoms with Crippen molar-refractivity contribution in [3.05, 3.63) is 47.5 Å². The molecule has 0 bridgehead atoms. The Morgan fingerprint density at radius 3 is 2.60 bits per heavy atom. The van der Waals surface area contributed by atoms with E-state index in [2.05, 4.69) is 0 Å². The highest BCUT2D eigenvalue weighted by molar-refractivity contribution is 6.18. The number of hydrogen-bond acceptors (Lipinski definition) is 1. The molecule has 2 rings (SSSR count). The Labute approximate surface area is 92.1 Å². The Hall–Kier alpha value is -1.54. The molecule has 0 radical (unpaired) electrons. The summed E-state index contributed by atoms with van der Waals surface area (Å²) in [5.74, 6) is -0.714. The lowest BCUT2D eigenvalue weighted by Crippen LogP contribution is -2.02. The molecule has 0 unspecified atom stereocenters. The number of carboxylic acid groups (broad SMARTS) is 1. The van der Waals surface area contributed by atoms with E-state index < -0.39 is 5.97 Å². The van der Waals surface area contributed by atoms with Crippen molar-refractivity contribution in [2.75, 3.05) is 0 Å². The molecule has 76 valence electrons. The van der Waals surface area contributed by atoms with Gasteiger partial charge in [-0.1, -0.05) is 36.4 Å². The van der Waals surface area contributed by atoms with Crippen LogP contribution in [0.2, 0.25) is 0 Å². The first-order valence-corrected chi connectivity index (χ1v) is 5.07. The summed E-state index contributed by atoms with van der Waals surface area (Å²) in [7, 11) is 0. The van der Waals surface area contributed by atoms with E-state index in [1.165, 1.54) is 0 Å². The van der Waals surface area contributed by atoms with Crippen LogP contribution >= 0.6 is 11.6 Å². The number of fused-ring (bicyclic) bond motifs is 1. The monoisotopic (exact) mass is 220 g/mol. The highest BCUT2D eigenvalue weighted by atomic mass is 35.5. The maximum atomic E-state index is 11.1. The molecule has 2 aromatic carbocycles. The smallest absolute Gasteiger partial charge is 0.336 e. The maximum Gasteiger partial charge on any atom is 0.336 e. The quantitative estimate of drug-likeness (QED) is 0.789. The van der Waals surface area contributed by atoms with Gasteiger partial charge in [0.2, 0.25) is 0 Å². The summed E-state index contributed by atoms with van der Waals surface area (Å²) >= 11 is 5.71. The number of alkyl halides is 1. The fourth-order valence-electron chi connectivity index (χ4n) is 1.68. The maximum absolute atomic E-state index is 11.1. The number of rotatable bonds is 2. The van der Waals surface area contributed by atoms with Gasteiger partial charge in [-0.2, -0.15) is 0 Å². The van der Waals surface area contributed by atoms with Crippen molar-refractivity contribution in [3.63, 3.8) is 0 Å². The van der Waals surface area contributed by atoms with E-state index in [0.29, 0.717) is 11.1 Å². The summed E-state index contributed by atoms with van der Waals surface area (Å²) in [6, 6.07) is 11.0. The van der Waals surface area contributed by atoms with E-state index >= 15 is 0 Å². The average Bonchev–Trinajstić information content (AvgIpc) is 2.27. The SMILES string of the molecule is O=C(O)c1c(CCl)ccc2ccccc12. The second-order valence-corrected chi connectivity index (χ2v) is 3.53. The average molecular weight is 221 g/mol. The van der Waals surface area contributed by atoms with Crippen LogP contribution in [0.5, 0.6) is 0 Å². The third-order valence-electron chi connectivity index (χ3n) is 2.37. The predicted octanol–water partition coefficient (Wildman–Crippen LogP) is 3.28. The molecule has 0 aliphatic heterocycles. The summed E-state index contributed by atoms with van der Waals surface area (Å²) in [5, 5.41) is 10.8. The van der Waals surface area contributed by atoms with Crippen LogP contribution in [0.3, 0.4) is 0 Å². The highest BCUT2D eigenvalue weighted by Gasteiger charge is 2.12. The zero-order chi connectivity index (χ0) is 10.8. The van der Waals surface area contributed by atoms with Crippen LogP contribution in [-0.2, 0) is 5.88 Å². The van der Waals surface area contributed by atoms with E-state index in [1.54, 1.807) is 12.1 Å². The topological polar surface area (TPSA) is 37.3 Å². The molecule has 3 heteroatoms. The molecule has 0 atom stereocenters. The summed E-state index contributed by atoms with van der Waals surface area (Å²) < 4.78 is 0. The summed E-state index contributed by atoms with van der Waals surface area (Å²) in [5.41, 5.74) is 0.964. The van der Waals surface area contributed by atoms with Crippen LogP contribution in [0.4, 0.5) is 0 Å². The van der Waals surface area contributed by atoms with Gasteiger partial charge in [-0.25, -0.2) is 4.79 Å². The first-order valence-electron chi connectivity index (χ1n) is 4.54. The normalized spacial score (nSPS) is 10.5. The zero-order valence-corrected chi connectivity index (χ0v) is 8.66. The molecular weight excluding hydrogens is 212 g/mol. The molecule has 0 aliphatic carbocycles. The van der Waals surface area contributed by atoms with Gasteiger partial charge in [0.25, 0.3) is 0 Å². The van der Waals surface area contributed by atoms with Crippen LogP contribution < -0.4 is 0 Å². The zero-order valence-electron chi connectivity index (χ0n) is 7.90. The number of benzene rings is 2. The van der Waals surface area contributed by atoms with Crippen molar-refractivity contribution in [2.24, 2.45) is 0 Å². The fourth-order valence-corrected chi connectivity index (χ4v) is 1.90. The van der Waals surface area contributed by atoms with Crippen molar-refractivity contribution in [1.82, 2.24) is 0 Å². The molecule has 2 aromatic rings. The van der Waals surface area contributed by atoms with Gasteiger partial charge in [0, 0.05) is 5.88 Å². The second kappa shape index (κ2) is 3.91. The lowest BCUT2D eigenvalue weighted by molar-refractivity contribution is 0.0698. The molecule has 0 saturated carbocycles. The highest BCUT2D eigenvalue weighted by Crippen LogP contribution is 2.23. The molecule has 0 spiro atoms. The van der Waals surface area contributed by atoms with E-state index in [1.807, 2.05) is 24.3 Å². The number of carbonyl (C=O) groups is 1. The van der Waals surface area contributed by atoms with E-state index in [4.69, 9.17) is 16.7 Å². The van der Waals surface area contributed by atoms with E-state index in [9.17, 15) is 4.79 Å². The van der Waals surface area contributed by atoms with Gasteiger partial charge >= 0.3 is 5.97 Å². The summed E-state index contributed by atoms with van der Waals surface area (Å²) in [6.07, 6.45) is 0. The third-order valence-corrected chi connectivity index (χ3v) is 2.66. The lowest BCUT2D eigenvalue weighted by Gasteiger charge is -2.06. The second-order valence-electron chi connectivity index (χ2n) is 3.26. The van der Waals surface area contributed by atoms with Crippen molar-refractivity contribution < 1.29 is 9.90 Å². The largest absolute Gasteiger partial charge is 0.478 e. The minimum Gasteiger partial charge on any atom is -0.478 e. The van der Waals surface area contributed by atoms with Crippen LogP contribution in [0.15, 0.2) is 36.4 Å². The summed E-state index contributed by atoms with van der Waals surface area (Å²) in [6.45, 7) is 0. The Morgan fingerprint density at radius 1 is 1.20 bits per heavy atom. The number of aromatic carboxylic acids is 1. The standard InChI is InChI=1S/C12H9ClO2/c13-7-9-6-5-8-3-1-2-4-10(8)11(9)12(14)15/h1-6H,7H2,(H,14,15). The predicted molar refractivity (Wildman–Crippen MR) is 60.5 cm³/mol. The number of hydrogen-bond donors (Lipinski definition) is 1. The van der Waals surface area contributed by atoms with E-state index in [-0.39, 0.29) is 5.88 Å². The van der Waals surface area contributed by atoms with Crippen molar-refractivity contribution in [1.29, 1.82) is 0 Å². The van der Waals surface area contributed by atoms with Gasteiger partial charge in [-0.05, 0) is 16.3 Å². The number of carboxylic acids is 1. The van der Waals surface area contributed by atoms with Gasteiger partial charge in [-0.15, -0.1) is 11.6 Å². The van der Waals surface area contributed by atoms with Gasteiger partial charge < -0.3 is 5.11 Å². The number of halogens is 1. The molecule has 0 aromatic heterocycles. The van der Waals surface area contributed by atoms with Crippen LogP contribution in [0, 0.1) is 0 Å². The molecule has 0 amide bonds. The Bertz CT molecular complexity index is 520. The van der Waals surface area contributed by atoms with Gasteiger partial charge in [-0.3, -0.25) is 0 Å². The van der Waals surface area contributed by atoms with Crippen molar-refractivity contribution in [2.45, 2.75) is 5.88 Å². The van der Waals surface area contributed by atoms with Gasteiger partial charge in [0.15, 0.2) is 0 Å². The lowest BCUT2D eigenvalue weighted by atomic mass is 10.00. The summed E-state index contributed by atoms with van der Waals surface area (Å²) in [4.78, 5) is 11.1. The van der Waals surface area contributed by atoms with Gasteiger partial charge in [0.05, 0.1) is 5.56 Å². The molecule has 0 fully saturated rings. The molecule has 15 heavy (non-hydrogen) atoms. The molecule has 0 saturated heterocycles. The van der Waals surface area contributed by atoms with E-state index in [0.717, 1.165) is 10.8 Å². The van der Waals surface area contributed by atoms with Crippen LogP contribution in [0.1, 0.15) is 15.9 Å². The first-order chi connectivity index (χ1) is 7.24. The van der Waals surface area contributed by atoms with Crippen molar-refractivity contribution >= 4 is 28.3 Å². The Morgan fingerprint density at radius 2 is 1.93 bits per heavy atom. The fraction of sp³-hybridized carbons (Fsp3) is 0.0833. The molecular formula is C12H9ClO2. The van der Waals surface area contributed by atoms with Gasteiger partial charge in [0.1, 0.15) is 0 Å².